The van der Waals surface area contributed by atoms with E-state index < -0.39 is 10.0 Å². The highest BCUT2D eigenvalue weighted by Crippen LogP contribution is 2.17. The van der Waals surface area contributed by atoms with Crippen LogP contribution in [0, 0.1) is 13.8 Å². The van der Waals surface area contributed by atoms with Crippen molar-refractivity contribution in [3.8, 4) is 11.5 Å². The fourth-order valence-corrected chi connectivity index (χ4v) is 3.66. The van der Waals surface area contributed by atoms with Crippen LogP contribution >= 0.6 is 0 Å². The summed E-state index contributed by atoms with van der Waals surface area (Å²) in [7, 11) is -0.376. The fraction of sp³-hybridized carbons (Fsp3) is 0.381. The molecule has 2 aromatic rings. The number of nitrogens with one attached hydrogen (secondary N) is 1. The molecule has 0 saturated carbocycles. The zero-order chi connectivity index (χ0) is 21.4. The van der Waals surface area contributed by atoms with E-state index in [1.807, 2.05) is 13.8 Å². The van der Waals surface area contributed by atoms with Gasteiger partial charge in [0.1, 0.15) is 18.1 Å². The number of aryl methyl sites for hydroxylation is 2. The summed E-state index contributed by atoms with van der Waals surface area (Å²) in [5.74, 6) is 1.27. The van der Waals surface area contributed by atoms with Crippen molar-refractivity contribution in [2.24, 2.45) is 0 Å². The molecule has 29 heavy (non-hydrogen) atoms. The van der Waals surface area contributed by atoms with Gasteiger partial charge < -0.3 is 14.4 Å². The summed E-state index contributed by atoms with van der Waals surface area (Å²) in [5, 5.41) is 0. The van der Waals surface area contributed by atoms with Crippen molar-refractivity contribution in [1.82, 2.24) is 9.62 Å². The normalized spacial score (nSPS) is 11.2. The Morgan fingerprint density at radius 1 is 1.03 bits per heavy atom. The minimum Gasteiger partial charge on any atom is -0.497 e. The third kappa shape index (κ3) is 6.76. The standard InChI is InChI=1S/C21H28N2O5S/c1-16-5-10-20(15-17(16)2)29(25,26)22-12-11-21(24)23(3)13-14-28-19-8-6-18(27-4)7-9-19/h5-10,15,22H,11-14H2,1-4H3. The monoisotopic (exact) mass is 420 g/mol. The summed E-state index contributed by atoms with van der Waals surface area (Å²) in [6, 6.07) is 12.1. The van der Waals surface area contributed by atoms with Gasteiger partial charge in [0, 0.05) is 20.0 Å². The second-order valence-electron chi connectivity index (χ2n) is 6.73. The molecule has 8 heteroatoms. The molecular weight excluding hydrogens is 392 g/mol. The quantitative estimate of drug-likeness (QED) is 0.638. The predicted molar refractivity (Wildman–Crippen MR) is 112 cm³/mol. The molecule has 2 aromatic carbocycles. The maximum Gasteiger partial charge on any atom is 0.240 e. The largest absolute Gasteiger partial charge is 0.497 e. The number of rotatable bonds is 10. The zero-order valence-corrected chi connectivity index (χ0v) is 18.1. The van der Waals surface area contributed by atoms with Crippen molar-refractivity contribution in [3.63, 3.8) is 0 Å². The van der Waals surface area contributed by atoms with E-state index in [0.29, 0.717) is 18.9 Å². The maximum atomic E-state index is 12.4. The van der Waals surface area contributed by atoms with Crippen LogP contribution in [0.15, 0.2) is 47.4 Å². The minimum atomic E-state index is -3.64. The number of benzene rings is 2. The van der Waals surface area contributed by atoms with Crippen LogP contribution in [-0.4, -0.2) is 53.1 Å². The summed E-state index contributed by atoms with van der Waals surface area (Å²) >= 11 is 0. The third-order valence-electron chi connectivity index (χ3n) is 4.60. The Morgan fingerprint density at radius 3 is 2.31 bits per heavy atom. The number of sulfonamides is 1. The molecule has 158 valence electrons. The van der Waals surface area contributed by atoms with Crippen LogP contribution in [0.3, 0.4) is 0 Å². The van der Waals surface area contributed by atoms with Crippen LogP contribution < -0.4 is 14.2 Å². The Kier molecular flexibility index (Phi) is 8.04. The topological polar surface area (TPSA) is 84.9 Å². The van der Waals surface area contributed by atoms with Crippen LogP contribution in [0.25, 0.3) is 0 Å². The average molecular weight is 421 g/mol. The first-order chi connectivity index (χ1) is 13.7. The molecule has 0 fully saturated rings. The van der Waals surface area contributed by atoms with Gasteiger partial charge in [-0.15, -0.1) is 0 Å². The van der Waals surface area contributed by atoms with E-state index in [2.05, 4.69) is 4.72 Å². The lowest BCUT2D eigenvalue weighted by Crippen LogP contribution is -2.34. The molecule has 0 atom stereocenters. The fourth-order valence-electron chi connectivity index (χ4n) is 2.54. The molecule has 2 rings (SSSR count). The van der Waals surface area contributed by atoms with Gasteiger partial charge in [-0.05, 0) is 61.4 Å². The van der Waals surface area contributed by atoms with Crippen molar-refractivity contribution in [2.45, 2.75) is 25.2 Å². The molecule has 0 aliphatic heterocycles. The number of amides is 1. The number of ether oxygens (including phenoxy) is 2. The van der Waals surface area contributed by atoms with Gasteiger partial charge in [-0.2, -0.15) is 0 Å². The molecule has 0 aromatic heterocycles. The Labute approximate surface area is 172 Å². The molecule has 0 aliphatic rings. The highest BCUT2D eigenvalue weighted by Gasteiger charge is 2.16. The number of carbonyl (C=O) groups is 1. The van der Waals surface area contributed by atoms with Gasteiger partial charge in [0.15, 0.2) is 0 Å². The molecule has 1 amide bonds. The Balaban J connectivity index is 1.75. The number of hydrogen-bond donors (Lipinski definition) is 1. The number of nitrogens with zero attached hydrogens (tertiary/aromatic N) is 1. The SMILES string of the molecule is COc1ccc(OCCN(C)C(=O)CCNS(=O)(=O)c2ccc(C)c(C)c2)cc1. The lowest BCUT2D eigenvalue weighted by molar-refractivity contribution is -0.130. The van der Waals surface area contributed by atoms with E-state index in [-0.39, 0.29) is 23.8 Å². The van der Waals surface area contributed by atoms with Crippen molar-refractivity contribution < 1.29 is 22.7 Å². The van der Waals surface area contributed by atoms with Gasteiger partial charge in [-0.3, -0.25) is 4.79 Å². The molecule has 0 heterocycles. The first-order valence-electron chi connectivity index (χ1n) is 9.30. The Morgan fingerprint density at radius 2 is 1.69 bits per heavy atom. The van der Waals surface area contributed by atoms with Crippen molar-refractivity contribution in [3.05, 3.63) is 53.6 Å². The van der Waals surface area contributed by atoms with E-state index >= 15 is 0 Å². The van der Waals surface area contributed by atoms with Crippen LogP contribution in [0.1, 0.15) is 17.5 Å². The Bertz CT molecular complexity index is 927. The highest BCUT2D eigenvalue weighted by atomic mass is 32.2. The number of likely N-dealkylation sites (N-methyl/N-ethyl adjacent to an activating group) is 1. The van der Waals surface area contributed by atoms with Gasteiger partial charge >= 0.3 is 0 Å². The summed E-state index contributed by atoms with van der Waals surface area (Å²) in [6.45, 7) is 4.56. The molecule has 0 saturated heterocycles. The zero-order valence-electron chi connectivity index (χ0n) is 17.3. The molecule has 0 bridgehead atoms. The number of hydrogen-bond acceptors (Lipinski definition) is 5. The molecule has 1 N–H and O–H groups in total. The average Bonchev–Trinajstić information content (AvgIpc) is 2.70. The summed E-state index contributed by atoms with van der Waals surface area (Å²) in [4.78, 5) is 13.9. The van der Waals surface area contributed by atoms with Crippen LogP contribution in [-0.2, 0) is 14.8 Å². The smallest absolute Gasteiger partial charge is 0.240 e. The van der Waals surface area contributed by atoms with E-state index in [1.165, 1.54) is 4.90 Å². The van der Waals surface area contributed by atoms with Gasteiger partial charge in [-0.25, -0.2) is 13.1 Å². The van der Waals surface area contributed by atoms with Crippen molar-refractivity contribution in [2.75, 3.05) is 33.9 Å². The van der Waals surface area contributed by atoms with Gasteiger partial charge in [0.25, 0.3) is 0 Å². The first-order valence-corrected chi connectivity index (χ1v) is 10.8. The van der Waals surface area contributed by atoms with Gasteiger partial charge in [0.05, 0.1) is 18.6 Å². The molecule has 7 nitrogen and oxygen atoms in total. The van der Waals surface area contributed by atoms with Crippen molar-refractivity contribution in [1.29, 1.82) is 0 Å². The summed E-state index contributed by atoms with van der Waals surface area (Å²) < 4.78 is 37.9. The maximum absolute atomic E-state index is 12.4. The third-order valence-corrected chi connectivity index (χ3v) is 6.06. The van der Waals surface area contributed by atoms with E-state index in [9.17, 15) is 13.2 Å². The van der Waals surface area contributed by atoms with Crippen LogP contribution in [0.4, 0.5) is 0 Å². The van der Waals surface area contributed by atoms with E-state index in [4.69, 9.17) is 9.47 Å². The lowest BCUT2D eigenvalue weighted by Gasteiger charge is -2.18. The van der Waals surface area contributed by atoms with Crippen LogP contribution in [0.5, 0.6) is 11.5 Å². The lowest BCUT2D eigenvalue weighted by atomic mass is 10.1. The highest BCUT2D eigenvalue weighted by molar-refractivity contribution is 7.89. The first kappa shape index (κ1) is 22.7. The number of carbonyl (C=O) groups excluding carboxylic acids is 1. The van der Waals surface area contributed by atoms with Crippen molar-refractivity contribution >= 4 is 15.9 Å². The van der Waals surface area contributed by atoms with Crippen LogP contribution in [0.2, 0.25) is 0 Å². The second-order valence-corrected chi connectivity index (χ2v) is 8.50. The molecule has 0 unspecified atom stereocenters. The second kappa shape index (κ2) is 10.3. The van der Waals surface area contributed by atoms with E-state index in [1.54, 1.807) is 56.6 Å². The van der Waals surface area contributed by atoms with E-state index in [0.717, 1.165) is 16.9 Å². The summed E-state index contributed by atoms with van der Waals surface area (Å²) in [6.07, 6.45) is 0.0725. The number of methoxy groups -OCH3 is 1. The summed E-state index contributed by atoms with van der Waals surface area (Å²) in [5.41, 5.74) is 1.93. The molecule has 0 aliphatic carbocycles. The Hall–Kier alpha value is -2.58. The molecule has 0 spiro atoms. The molecular formula is C21H28N2O5S. The predicted octanol–water partition coefficient (Wildman–Crippen LogP) is 2.52. The van der Waals surface area contributed by atoms with Gasteiger partial charge in [0.2, 0.25) is 15.9 Å². The minimum absolute atomic E-state index is 0.0395. The molecule has 0 radical (unpaired) electrons. The van der Waals surface area contributed by atoms with Gasteiger partial charge in [-0.1, -0.05) is 6.07 Å².